The second kappa shape index (κ2) is 6.23. The van der Waals surface area contributed by atoms with Crippen LogP contribution in [0.5, 0.6) is 0 Å². The number of nitrogens with one attached hydrogen (secondary N) is 1. The molecule has 0 aromatic heterocycles. The Bertz CT molecular complexity index is 777. The van der Waals surface area contributed by atoms with Crippen LogP contribution >= 0.6 is 23.2 Å². The summed E-state index contributed by atoms with van der Waals surface area (Å²) in [6, 6.07) is 9.64. The zero-order valence-electron chi connectivity index (χ0n) is 11.2. The molecule has 0 heterocycles. The number of anilines is 1. The van der Waals surface area contributed by atoms with Gasteiger partial charge in [0.05, 0.1) is 10.7 Å². The van der Waals surface area contributed by atoms with E-state index in [0.717, 1.165) is 5.56 Å². The third-order valence-electron chi connectivity index (χ3n) is 2.96. The van der Waals surface area contributed by atoms with Gasteiger partial charge in [0.2, 0.25) is 0 Å². The van der Waals surface area contributed by atoms with E-state index in [2.05, 4.69) is 4.72 Å². The molecule has 0 aliphatic carbocycles. The van der Waals surface area contributed by atoms with Crippen LogP contribution in [0, 0.1) is 6.92 Å². The Balaban J connectivity index is 2.45. The molecule has 3 N–H and O–H groups in total. The maximum absolute atomic E-state index is 12.5. The zero-order valence-corrected chi connectivity index (χ0v) is 13.6. The minimum atomic E-state index is -3.81. The van der Waals surface area contributed by atoms with Gasteiger partial charge in [0.1, 0.15) is 4.90 Å². The van der Waals surface area contributed by atoms with Gasteiger partial charge in [-0.2, -0.15) is 0 Å². The fourth-order valence-electron chi connectivity index (χ4n) is 1.78. The molecule has 4 nitrogen and oxygen atoms in total. The van der Waals surface area contributed by atoms with Crippen LogP contribution in [0.3, 0.4) is 0 Å². The van der Waals surface area contributed by atoms with Gasteiger partial charge in [-0.3, -0.25) is 4.72 Å². The summed E-state index contributed by atoms with van der Waals surface area (Å²) in [6.07, 6.45) is 0. The minimum Gasteiger partial charge on any atom is -0.326 e. The van der Waals surface area contributed by atoms with E-state index in [-0.39, 0.29) is 16.5 Å². The third-order valence-corrected chi connectivity index (χ3v) is 5.05. The normalized spacial score (nSPS) is 11.4. The van der Waals surface area contributed by atoms with Crippen LogP contribution in [0.1, 0.15) is 11.1 Å². The Morgan fingerprint density at radius 2 is 1.86 bits per heavy atom. The molecule has 0 bridgehead atoms. The van der Waals surface area contributed by atoms with Crippen molar-refractivity contribution >= 4 is 38.9 Å². The summed E-state index contributed by atoms with van der Waals surface area (Å²) in [4.78, 5) is -0.00788. The molecule has 0 fully saturated rings. The summed E-state index contributed by atoms with van der Waals surface area (Å²) in [5, 5.41) is 0.583. The Hall–Kier alpha value is -1.27. The standard InChI is InChI=1S/C14H14Cl2N2O2S/c1-9-2-4-11(15)7-13(9)18-21(19,20)14-6-10(8-17)3-5-12(14)16/h2-7,18H,8,17H2,1H3. The summed E-state index contributed by atoms with van der Waals surface area (Å²) in [5.41, 5.74) is 7.39. The quantitative estimate of drug-likeness (QED) is 0.890. The molecule has 0 saturated heterocycles. The molecule has 0 spiro atoms. The molecule has 0 atom stereocenters. The van der Waals surface area contributed by atoms with Crippen molar-refractivity contribution < 1.29 is 8.42 Å². The fourth-order valence-corrected chi connectivity index (χ4v) is 3.63. The number of aryl methyl sites for hydroxylation is 1. The number of halogens is 2. The second-order valence-electron chi connectivity index (χ2n) is 4.53. The van der Waals surface area contributed by atoms with Gasteiger partial charge in [-0.1, -0.05) is 35.3 Å². The Labute approximate surface area is 133 Å². The first-order valence-electron chi connectivity index (χ1n) is 6.11. The van der Waals surface area contributed by atoms with E-state index < -0.39 is 10.0 Å². The van der Waals surface area contributed by atoms with Crippen LogP contribution in [0.4, 0.5) is 5.69 Å². The molecule has 2 aromatic rings. The molecule has 7 heteroatoms. The van der Waals surface area contributed by atoms with Gasteiger partial charge in [-0.25, -0.2) is 8.42 Å². The number of sulfonamides is 1. The van der Waals surface area contributed by atoms with E-state index in [0.29, 0.717) is 16.3 Å². The van der Waals surface area contributed by atoms with Gasteiger partial charge in [-0.05, 0) is 42.3 Å². The van der Waals surface area contributed by atoms with E-state index in [1.54, 1.807) is 31.2 Å². The average Bonchev–Trinajstić information content (AvgIpc) is 2.43. The second-order valence-corrected chi connectivity index (χ2v) is 7.03. The largest absolute Gasteiger partial charge is 0.326 e. The number of hydrogen-bond donors (Lipinski definition) is 2. The van der Waals surface area contributed by atoms with Gasteiger partial charge in [0.15, 0.2) is 0 Å². The summed E-state index contributed by atoms with van der Waals surface area (Å²) in [5.74, 6) is 0. The fraction of sp³-hybridized carbons (Fsp3) is 0.143. The van der Waals surface area contributed by atoms with E-state index in [4.69, 9.17) is 28.9 Å². The van der Waals surface area contributed by atoms with Gasteiger partial charge in [-0.15, -0.1) is 0 Å². The highest BCUT2D eigenvalue weighted by atomic mass is 35.5. The minimum absolute atomic E-state index is 0.00788. The van der Waals surface area contributed by atoms with Crippen LogP contribution < -0.4 is 10.5 Å². The van der Waals surface area contributed by atoms with Crippen molar-refractivity contribution in [1.29, 1.82) is 0 Å². The zero-order chi connectivity index (χ0) is 15.6. The monoisotopic (exact) mass is 344 g/mol. The van der Waals surface area contributed by atoms with Crippen molar-refractivity contribution in [1.82, 2.24) is 0 Å². The number of benzene rings is 2. The lowest BCUT2D eigenvalue weighted by Gasteiger charge is -2.12. The van der Waals surface area contributed by atoms with Gasteiger partial charge < -0.3 is 5.73 Å². The molecule has 0 aliphatic heterocycles. The predicted molar refractivity (Wildman–Crippen MR) is 86.3 cm³/mol. The SMILES string of the molecule is Cc1ccc(Cl)cc1NS(=O)(=O)c1cc(CN)ccc1Cl. The number of hydrogen-bond acceptors (Lipinski definition) is 3. The van der Waals surface area contributed by atoms with Crippen molar-refractivity contribution in [3.63, 3.8) is 0 Å². The Morgan fingerprint density at radius 3 is 2.52 bits per heavy atom. The van der Waals surface area contributed by atoms with Gasteiger partial charge in [0.25, 0.3) is 10.0 Å². The summed E-state index contributed by atoms with van der Waals surface area (Å²) in [7, 11) is -3.81. The summed E-state index contributed by atoms with van der Waals surface area (Å²) < 4.78 is 27.4. The predicted octanol–water partition coefficient (Wildman–Crippen LogP) is 3.56. The molecular weight excluding hydrogens is 331 g/mol. The highest BCUT2D eigenvalue weighted by Gasteiger charge is 2.19. The summed E-state index contributed by atoms with van der Waals surface area (Å²) in [6.45, 7) is 2.02. The topological polar surface area (TPSA) is 72.2 Å². The first-order chi connectivity index (χ1) is 9.83. The van der Waals surface area contributed by atoms with E-state index in [1.807, 2.05) is 0 Å². The lowest BCUT2D eigenvalue weighted by atomic mass is 10.2. The first kappa shape index (κ1) is 16.1. The molecule has 2 rings (SSSR count). The molecule has 21 heavy (non-hydrogen) atoms. The van der Waals surface area contributed by atoms with Crippen molar-refractivity contribution in [2.24, 2.45) is 5.73 Å². The number of rotatable bonds is 4. The van der Waals surface area contributed by atoms with E-state index in [1.165, 1.54) is 12.1 Å². The van der Waals surface area contributed by atoms with Crippen molar-refractivity contribution in [3.8, 4) is 0 Å². The van der Waals surface area contributed by atoms with Crippen LogP contribution in [-0.2, 0) is 16.6 Å². The molecule has 0 radical (unpaired) electrons. The molecule has 0 unspecified atom stereocenters. The van der Waals surface area contributed by atoms with Crippen LogP contribution in [0.2, 0.25) is 10.0 Å². The van der Waals surface area contributed by atoms with Crippen LogP contribution in [0.25, 0.3) is 0 Å². The van der Waals surface area contributed by atoms with E-state index >= 15 is 0 Å². The smallest absolute Gasteiger partial charge is 0.263 e. The number of nitrogens with two attached hydrogens (primary N) is 1. The highest BCUT2D eigenvalue weighted by Crippen LogP contribution is 2.27. The van der Waals surface area contributed by atoms with Crippen molar-refractivity contribution in [3.05, 3.63) is 57.6 Å². The molecule has 0 saturated carbocycles. The molecule has 0 amide bonds. The maximum atomic E-state index is 12.5. The lowest BCUT2D eigenvalue weighted by molar-refractivity contribution is 0.601. The molecule has 112 valence electrons. The van der Waals surface area contributed by atoms with Crippen molar-refractivity contribution in [2.75, 3.05) is 4.72 Å². The molecule has 0 aliphatic rings. The highest BCUT2D eigenvalue weighted by molar-refractivity contribution is 7.92. The maximum Gasteiger partial charge on any atom is 0.263 e. The molecule has 2 aromatic carbocycles. The van der Waals surface area contributed by atoms with Gasteiger partial charge in [0, 0.05) is 11.6 Å². The van der Waals surface area contributed by atoms with Gasteiger partial charge >= 0.3 is 0 Å². The van der Waals surface area contributed by atoms with E-state index in [9.17, 15) is 8.42 Å². The summed E-state index contributed by atoms with van der Waals surface area (Å²) >= 11 is 11.9. The van der Waals surface area contributed by atoms with Crippen LogP contribution in [0.15, 0.2) is 41.3 Å². The van der Waals surface area contributed by atoms with Crippen LogP contribution in [-0.4, -0.2) is 8.42 Å². The first-order valence-corrected chi connectivity index (χ1v) is 8.35. The Morgan fingerprint density at radius 1 is 1.14 bits per heavy atom. The average molecular weight is 345 g/mol. The molecular formula is C14H14Cl2N2O2S. The lowest BCUT2D eigenvalue weighted by Crippen LogP contribution is -2.15. The Kier molecular flexibility index (Phi) is 4.78. The third kappa shape index (κ3) is 3.68. The van der Waals surface area contributed by atoms with Crippen molar-refractivity contribution in [2.45, 2.75) is 18.4 Å².